The first-order valence-corrected chi connectivity index (χ1v) is 11.0. The molecule has 1 fully saturated rings. The third-order valence-corrected chi connectivity index (χ3v) is 5.34. The summed E-state index contributed by atoms with van der Waals surface area (Å²) < 4.78 is 45.8. The lowest BCUT2D eigenvalue weighted by Crippen LogP contribution is -2.39. The molecule has 0 atom stereocenters. The molecular weight excluding hydrogens is 445 g/mol. The molecule has 1 aliphatic heterocycles. The molecule has 9 heteroatoms. The number of aliphatic imine (C=N–C) groups is 2. The van der Waals surface area contributed by atoms with Crippen LogP contribution in [0.1, 0.15) is 33.6 Å². The number of para-hydroxylation sites is 1. The molecular formula is C25H31F3N4O2. The number of hydrogen-bond acceptors (Lipinski definition) is 3. The van der Waals surface area contributed by atoms with Crippen LogP contribution in [0.4, 0.5) is 13.2 Å². The average Bonchev–Trinajstić information content (AvgIpc) is 2.80. The van der Waals surface area contributed by atoms with Gasteiger partial charge in [-0.05, 0) is 44.9 Å². The number of likely N-dealkylation sites (tertiary alicyclic amines) is 1. The molecule has 1 amide bonds. The van der Waals surface area contributed by atoms with E-state index < -0.39 is 11.7 Å². The summed E-state index contributed by atoms with van der Waals surface area (Å²) in [6.45, 7) is 9.68. The molecule has 1 aromatic rings. The lowest BCUT2D eigenvalue weighted by molar-refractivity contribution is -0.129. The second-order valence-electron chi connectivity index (χ2n) is 7.83. The third-order valence-electron chi connectivity index (χ3n) is 5.34. The number of amidine groups is 2. The molecule has 6 nitrogen and oxygen atoms in total. The van der Waals surface area contributed by atoms with Gasteiger partial charge in [0.15, 0.2) is 5.76 Å². The summed E-state index contributed by atoms with van der Waals surface area (Å²) >= 11 is 0. The number of alkyl halides is 3. The normalized spacial score (nSPS) is 17.0. The van der Waals surface area contributed by atoms with E-state index in [4.69, 9.17) is 4.74 Å². The van der Waals surface area contributed by atoms with Gasteiger partial charge in [-0.2, -0.15) is 13.2 Å². The van der Waals surface area contributed by atoms with Crippen LogP contribution in [0, 0.1) is 5.92 Å². The van der Waals surface area contributed by atoms with Crippen molar-refractivity contribution in [3.05, 3.63) is 66.1 Å². The molecule has 0 bridgehead atoms. The fourth-order valence-electron chi connectivity index (χ4n) is 3.52. The molecule has 1 aliphatic rings. The Morgan fingerprint density at radius 2 is 1.82 bits per heavy atom. The van der Waals surface area contributed by atoms with Crippen LogP contribution in [-0.4, -0.2) is 48.8 Å². The highest BCUT2D eigenvalue weighted by Gasteiger charge is 2.32. The van der Waals surface area contributed by atoms with Crippen molar-refractivity contribution in [2.45, 2.75) is 39.8 Å². The van der Waals surface area contributed by atoms with Gasteiger partial charge in [-0.3, -0.25) is 9.79 Å². The lowest BCUT2D eigenvalue weighted by atomic mass is 9.95. The van der Waals surface area contributed by atoms with Crippen molar-refractivity contribution in [1.82, 2.24) is 10.2 Å². The number of benzene rings is 1. The topological polar surface area (TPSA) is 66.3 Å². The van der Waals surface area contributed by atoms with Crippen LogP contribution < -0.4 is 10.1 Å². The van der Waals surface area contributed by atoms with Crippen LogP contribution in [0.2, 0.25) is 0 Å². The van der Waals surface area contributed by atoms with Gasteiger partial charge >= 0.3 is 6.18 Å². The maximum atomic E-state index is 13.4. The molecule has 2 rings (SSSR count). The number of carbonyl (C=O) groups excluding carboxylic acids is 1. The minimum Gasteiger partial charge on any atom is -0.455 e. The minimum atomic E-state index is -4.54. The summed E-state index contributed by atoms with van der Waals surface area (Å²) in [5, 5.41) is 2.93. The molecule has 0 aromatic heterocycles. The van der Waals surface area contributed by atoms with Crippen molar-refractivity contribution in [2.75, 3.05) is 20.1 Å². The highest BCUT2D eigenvalue weighted by Crippen LogP contribution is 2.29. The number of nitrogens with one attached hydrogen (secondary N) is 1. The SMILES string of the molecule is C=C(NC(C)=NC(=NC)C1CCN(C(C)=O)CC1)/C(=C\C(=C/C)C(F)(F)F)Oc1ccccc1. The Labute approximate surface area is 198 Å². The van der Waals surface area contributed by atoms with Gasteiger partial charge in [0, 0.05) is 33.0 Å². The summed E-state index contributed by atoms with van der Waals surface area (Å²) in [5.41, 5.74) is -0.737. The smallest absolute Gasteiger partial charge is 0.416 e. The van der Waals surface area contributed by atoms with E-state index in [1.165, 1.54) is 6.92 Å². The predicted octanol–water partition coefficient (Wildman–Crippen LogP) is 5.27. The van der Waals surface area contributed by atoms with Crippen LogP contribution >= 0.6 is 0 Å². The number of allylic oxidation sites excluding steroid dienone is 3. The standard InChI is InChI=1S/C25H31F3N4O2/c1-6-21(25(26,27)28)16-23(34-22-10-8-7-9-11-22)17(2)30-18(3)31-24(29-5)20-12-14-32(15-13-20)19(4)33/h6-11,16,20H,2,12-15H2,1,3-5H3,(H,29,30,31)/b21-6+,23-16+. The molecule has 0 unspecified atom stereocenters. The van der Waals surface area contributed by atoms with Crippen molar-refractivity contribution in [3.63, 3.8) is 0 Å². The summed E-state index contributed by atoms with van der Waals surface area (Å²) in [4.78, 5) is 22.2. The molecule has 0 radical (unpaired) electrons. The number of amides is 1. The summed E-state index contributed by atoms with van der Waals surface area (Å²) in [7, 11) is 1.64. The van der Waals surface area contributed by atoms with Crippen molar-refractivity contribution in [1.29, 1.82) is 0 Å². The maximum absolute atomic E-state index is 13.4. The van der Waals surface area contributed by atoms with Crippen LogP contribution in [0.5, 0.6) is 5.75 Å². The highest BCUT2D eigenvalue weighted by molar-refractivity contribution is 5.98. The number of piperidine rings is 1. The number of hydrogen-bond donors (Lipinski definition) is 1. The number of nitrogens with zero attached hydrogens (tertiary/aromatic N) is 3. The Balaban J connectivity index is 2.21. The van der Waals surface area contributed by atoms with Crippen LogP contribution in [0.15, 0.2) is 76.1 Å². The largest absolute Gasteiger partial charge is 0.455 e. The second kappa shape index (κ2) is 12.2. The van der Waals surface area contributed by atoms with Crippen LogP contribution in [0.3, 0.4) is 0 Å². The molecule has 1 aromatic carbocycles. The quantitative estimate of drug-likeness (QED) is 0.263. The number of carbonyl (C=O) groups is 1. The summed E-state index contributed by atoms with van der Waals surface area (Å²) in [6, 6.07) is 8.50. The zero-order valence-corrected chi connectivity index (χ0v) is 19.9. The maximum Gasteiger partial charge on any atom is 0.416 e. The van der Waals surface area contributed by atoms with Gasteiger partial charge in [0.2, 0.25) is 5.91 Å². The van der Waals surface area contributed by atoms with Gasteiger partial charge in [-0.1, -0.05) is 30.9 Å². The van der Waals surface area contributed by atoms with Crippen molar-refractivity contribution in [3.8, 4) is 5.75 Å². The van der Waals surface area contributed by atoms with Gasteiger partial charge in [0.05, 0.1) is 11.3 Å². The first-order valence-electron chi connectivity index (χ1n) is 11.0. The minimum absolute atomic E-state index is 0.0446. The third kappa shape index (κ3) is 7.90. The fraction of sp³-hybridized carbons (Fsp3) is 0.400. The Hall–Kier alpha value is -3.36. The van der Waals surface area contributed by atoms with E-state index in [1.807, 2.05) is 0 Å². The predicted molar refractivity (Wildman–Crippen MR) is 129 cm³/mol. The van der Waals surface area contributed by atoms with E-state index in [0.717, 1.165) is 25.0 Å². The zero-order chi connectivity index (χ0) is 25.3. The number of rotatable bonds is 6. The van der Waals surface area contributed by atoms with Crippen LogP contribution in [-0.2, 0) is 4.79 Å². The van der Waals surface area contributed by atoms with E-state index in [1.54, 1.807) is 56.1 Å². The molecule has 1 saturated heterocycles. The Kier molecular flexibility index (Phi) is 9.65. The second-order valence-corrected chi connectivity index (χ2v) is 7.83. The number of halogens is 3. The Morgan fingerprint density at radius 3 is 2.32 bits per heavy atom. The molecule has 184 valence electrons. The van der Waals surface area contributed by atoms with Crippen molar-refractivity contribution >= 4 is 17.6 Å². The summed E-state index contributed by atoms with van der Waals surface area (Å²) in [5.74, 6) is 1.44. The zero-order valence-electron chi connectivity index (χ0n) is 19.9. The van der Waals surface area contributed by atoms with Crippen molar-refractivity contribution in [2.24, 2.45) is 15.9 Å². The molecule has 0 spiro atoms. The number of ether oxygens (including phenoxy) is 1. The van der Waals surface area contributed by atoms with E-state index in [2.05, 4.69) is 21.9 Å². The monoisotopic (exact) mass is 476 g/mol. The van der Waals surface area contributed by atoms with Gasteiger partial charge in [-0.15, -0.1) is 0 Å². The summed E-state index contributed by atoms with van der Waals surface area (Å²) in [6.07, 6.45) is -1.19. The first kappa shape index (κ1) is 26.9. The molecule has 34 heavy (non-hydrogen) atoms. The first-order chi connectivity index (χ1) is 16.0. The van der Waals surface area contributed by atoms with Gasteiger partial charge < -0.3 is 15.0 Å². The Morgan fingerprint density at radius 1 is 1.21 bits per heavy atom. The molecule has 0 saturated carbocycles. The average molecular weight is 477 g/mol. The van der Waals surface area contributed by atoms with E-state index >= 15 is 0 Å². The Bertz CT molecular complexity index is 987. The van der Waals surface area contributed by atoms with Gasteiger partial charge in [-0.25, -0.2) is 4.99 Å². The molecule has 0 aliphatic carbocycles. The van der Waals surface area contributed by atoms with Gasteiger partial charge in [0.1, 0.15) is 17.4 Å². The van der Waals surface area contributed by atoms with E-state index in [-0.39, 0.29) is 23.3 Å². The molecule has 1 N–H and O–H groups in total. The highest BCUT2D eigenvalue weighted by atomic mass is 19.4. The van der Waals surface area contributed by atoms with E-state index in [0.29, 0.717) is 30.5 Å². The molecule has 1 heterocycles. The fourth-order valence-corrected chi connectivity index (χ4v) is 3.52. The van der Waals surface area contributed by atoms with Crippen LogP contribution in [0.25, 0.3) is 0 Å². The van der Waals surface area contributed by atoms with E-state index in [9.17, 15) is 18.0 Å². The lowest BCUT2D eigenvalue weighted by Gasteiger charge is -2.31. The van der Waals surface area contributed by atoms with Crippen molar-refractivity contribution < 1.29 is 22.7 Å². The van der Waals surface area contributed by atoms with Gasteiger partial charge in [0.25, 0.3) is 0 Å².